The van der Waals surface area contributed by atoms with Crippen LogP contribution in [0, 0.1) is 0 Å². The quantitative estimate of drug-likeness (QED) is 0.744. The number of nitrogens with one attached hydrogen (secondary N) is 1. The molecule has 3 rings (SSSR count). The van der Waals surface area contributed by atoms with Crippen LogP contribution in [0.4, 0.5) is 0 Å². The van der Waals surface area contributed by atoms with Crippen molar-refractivity contribution >= 4 is 5.70 Å². The number of ether oxygens (including phenoxy) is 1. The van der Waals surface area contributed by atoms with Crippen LogP contribution >= 0.6 is 0 Å². The molecule has 2 aromatic rings. The van der Waals surface area contributed by atoms with Crippen LogP contribution in [0.15, 0.2) is 54.6 Å². The van der Waals surface area contributed by atoms with Crippen LogP contribution in [0.25, 0.3) is 5.70 Å². The molecule has 4 N–H and O–H groups in total. The van der Waals surface area contributed by atoms with Crippen LogP contribution < -0.4 is 15.4 Å². The molecule has 0 saturated carbocycles. The number of hydrogen-bond donors (Lipinski definition) is 3. The van der Waals surface area contributed by atoms with Crippen molar-refractivity contribution in [3.63, 3.8) is 0 Å². The van der Waals surface area contributed by atoms with Gasteiger partial charge in [-0.15, -0.1) is 0 Å². The third kappa shape index (κ3) is 4.02. The molecule has 2 unspecified atom stereocenters. The third-order valence-corrected chi connectivity index (χ3v) is 4.86. The zero-order chi connectivity index (χ0) is 18.6. The molecule has 0 amide bonds. The van der Waals surface area contributed by atoms with Gasteiger partial charge in [0.2, 0.25) is 0 Å². The normalized spacial score (nSPS) is 22.4. The Morgan fingerprint density at radius 1 is 1.12 bits per heavy atom. The zero-order valence-electron chi connectivity index (χ0n) is 15.8. The number of rotatable bonds is 6. The molecule has 2 atom stereocenters. The first-order valence-corrected chi connectivity index (χ1v) is 9.42. The summed E-state index contributed by atoms with van der Waals surface area (Å²) in [5, 5.41) is 16.3. The van der Waals surface area contributed by atoms with Gasteiger partial charge in [0.25, 0.3) is 0 Å². The van der Waals surface area contributed by atoms with Gasteiger partial charge in [-0.25, -0.2) is 0 Å². The summed E-state index contributed by atoms with van der Waals surface area (Å²) in [5.41, 5.74) is 3.05. The highest BCUT2D eigenvalue weighted by Crippen LogP contribution is 2.29. The topological polar surface area (TPSA) is 58.1 Å². The zero-order valence-corrected chi connectivity index (χ0v) is 15.8. The molecule has 1 aliphatic rings. The van der Waals surface area contributed by atoms with Crippen LogP contribution in [0.2, 0.25) is 0 Å². The van der Waals surface area contributed by atoms with Gasteiger partial charge in [-0.3, -0.25) is 0 Å². The van der Waals surface area contributed by atoms with E-state index in [-0.39, 0.29) is 11.7 Å². The minimum absolute atomic E-state index is 0.0653. The van der Waals surface area contributed by atoms with E-state index in [9.17, 15) is 5.11 Å². The summed E-state index contributed by atoms with van der Waals surface area (Å²) in [4.78, 5) is 0. The van der Waals surface area contributed by atoms with Crippen molar-refractivity contribution in [3.8, 4) is 11.5 Å². The summed E-state index contributed by atoms with van der Waals surface area (Å²) >= 11 is 0. The van der Waals surface area contributed by atoms with Crippen molar-refractivity contribution in [1.29, 1.82) is 0 Å². The highest BCUT2D eigenvalue weighted by atomic mass is 16.5. The Balaban J connectivity index is 1.97. The highest BCUT2D eigenvalue weighted by Gasteiger charge is 2.36. The Morgan fingerprint density at radius 2 is 1.85 bits per heavy atom. The van der Waals surface area contributed by atoms with Gasteiger partial charge < -0.3 is 20.5 Å². The smallest absolute Gasteiger partial charge is 0.167 e. The van der Waals surface area contributed by atoms with E-state index in [1.807, 2.05) is 37.3 Å². The fraction of sp³-hybridized carbons (Fsp3) is 0.364. The van der Waals surface area contributed by atoms with E-state index in [2.05, 4.69) is 42.7 Å². The van der Waals surface area contributed by atoms with Gasteiger partial charge >= 0.3 is 0 Å². The van der Waals surface area contributed by atoms with Gasteiger partial charge in [0, 0.05) is 25.1 Å². The molecule has 2 aromatic carbocycles. The average molecular weight is 353 g/mol. The van der Waals surface area contributed by atoms with Gasteiger partial charge in [0.15, 0.2) is 5.66 Å². The average Bonchev–Trinajstić information content (AvgIpc) is 2.62. The molecule has 0 radical (unpaired) electrons. The van der Waals surface area contributed by atoms with Crippen LogP contribution in [0.5, 0.6) is 11.5 Å². The number of aromatic hydroxyl groups is 1. The molecule has 138 valence electrons. The van der Waals surface area contributed by atoms with E-state index in [1.54, 1.807) is 6.07 Å². The van der Waals surface area contributed by atoms with Gasteiger partial charge in [-0.1, -0.05) is 19.1 Å². The summed E-state index contributed by atoms with van der Waals surface area (Å²) in [6, 6.07) is 15.8. The molecular formula is C22H29N2O2+. The van der Waals surface area contributed by atoms with E-state index in [0.29, 0.717) is 12.4 Å². The Bertz CT molecular complexity index is 770. The second-order valence-corrected chi connectivity index (χ2v) is 7.08. The number of phenols is 1. The maximum Gasteiger partial charge on any atom is 0.167 e. The Labute approximate surface area is 155 Å². The van der Waals surface area contributed by atoms with E-state index in [0.717, 1.165) is 35.4 Å². The summed E-state index contributed by atoms with van der Waals surface area (Å²) in [6.45, 7) is 7.08. The van der Waals surface area contributed by atoms with Gasteiger partial charge in [-0.2, -0.15) is 0 Å². The summed E-state index contributed by atoms with van der Waals surface area (Å²) in [5.74, 6) is 1.23. The Kier molecular flexibility index (Phi) is 5.52. The van der Waals surface area contributed by atoms with Crippen molar-refractivity contribution in [1.82, 2.24) is 5.32 Å². The molecule has 26 heavy (non-hydrogen) atoms. The second-order valence-electron chi connectivity index (χ2n) is 7.08. The lowest BCUT2D eigenvalue weighted by atomic mass is 9.94. The van der Waals surface area contributed by atoms with Gasteiger partial charge in [0.1, 0.15) is 17.5 Å². The van der Waals surface area contributed by atoms with E-state index >= 15 is 0 Å². The molecule has 0 spiro atoms. The first-order chi connectivity index (χ1) is 12.5. The Morgan fingerprint density at radius 3 is 2.50 bits per heavy atom. The van der Waals surface area contributed by atoms with E-state index in [1.165, 1.54) is 0 Å². The lowest BCUT2D eigenvalue weighted by molar-refractivity contribution is -0.758. The van der Waals surface area contributed by atoms with E-state index in [4.69, 9.17) is 4.74 Å². The van der Waals surface area contributed by atoms with Crippen LogP contribution in [0.1, 0.15) is 50.8 Å². The number of benzene rings is 2. The Hall–Kier alpha value is -2.46. The second kappa shape index (κ2) is 7.83. The maximum absolute atomic E-state index is 10.3. The molecule has 4 nitrogen and oxygen atoms in total. The van der Waals surface area contributed by atoms with Crippen molar-refractivity contribution in [3.05, 3.63) is 65.7 Å². The molecule has 0 fully saturated rings. The number of quaternary nitrogens is 1. The third-order valence-electron chi connectivity index (χ3n) is 4.86. The highest BCUT2D eigenvalue weighted by molar-refractivity contribution is 5.66. The van der Waals surface area contributed by atoms with E-state index < -0.39 is 0 Å². The molecule has 0 saturated heterocycles. The molecule has 1 heterocycles. The first-order valence-electron chi connectivity index (χ1n) is 9.42. The minimum atomic E-state index is -0.121. The molecule has 0 bridgehead atoms. The maximum atomic E-state index is 10.3. The predicted molar refractivity (Wildman–Crippen MR) is 105 cm³/mol. The molecule has 0 aromatic heterocycles. The summed E-state index contributed by atoms with van der Waals surface area (Å²) in [7, 11) is 0. The SMILES string of the molecule is CCCC1(C)NC(c2ccc(OCC)cc2)=CC(c2ccccc2O)[NH2+]1. The first kappa shape index (κ1) is 18.3. The standard InChI is InChI=1S/C22H28N2O2/c1-4-14-22(3)23-19(16-10-12-17(13-11-16)26-5-2)15-20(24-22)18-8-6-7-9-21(18)25/h6-13,15,20,23-25H,4-5,14H2,1-3H3/p+1. The molecular weight excluding hydrogens is 324 g/mol. The van der Waals surface area contributed by atoms with Crippen molar-refractivity contribution in [2.24, 2.45) is 0 Å². The molecule has 1 aliphatic heterocycles. The fourth-order valence-electron chi connectivity index (χ4n) is 3.69. The van der Waals surface area contributed by atoms with Crippen LogP contribution in [0.3, 0.4) is 0 Å². The van der Waals surface area contributed by atoms with Crippen molar-refractivity contribution in [2.45, 2.75) is 45.3 Å². The summed E-state index contributed by atoms with van der Waals surface area (Å²) < 4.78 is 5.55. The number of hydrogen-bond acceptors (Lipinski definition) is 3. The lowest BCUT2D eigenvalue weighted by Crippen LogP contribution is -3.01. The van der Waals surface area contributed by atoms with Crippen LogP contribution in [-0.4, -0.2) is 17.4 Å². The van der Waals surface area contributed by atoms with Gasteiger partial charge in [-0.05, 0) is 55.3 Å². The summed E-state index contributed by atoms with van der Waals surface area (Å²) in [6.07, 6.45) is 4.32. The molecule has 4 heteroatoms. The number of nitrogens with two attached hydrogens (primary N) is 1. The number of para-hydroxylation sites is 1. The van der Waals surface area contributed by atoms with Crippen molar-refractivity contribution < 1.29 is 15.2 Å². The predicted octanol–water partition coefficient (Wildman–Crippen LogP) is 3.56. The fourth-order valence-corrected chi connectivity index (χ4v) is 3.69. The van der Waals surface area contributed by atoms with Crippen LogP contribution in [-0.2, 0) is 0 Å². The largest absolute Gasteiger partial charge is 0.507 e. The lowest BCUT2D eigenvalue weighted by Gasteiger charge is -2.38. The number of phenolic OH excluding ortho intramolecular Hbond substituents is 1. The minimum Gasteiger partial charge on any atom is -0.507 e. The molecule has 0 aliphatic carbocycles. The monoisotopic (exact) mass is 353 g/mol. The van der Waals surface area contributed by atoms with Gasteiger partial charge in [0.05, 0.1) is 12.2 Å². The van der Waals surface area contributed by atoms with Crippen molar-refractivity contribution in [2.75, 3.05) is 6.61 Å².